The van der Waals surface area contributed by atoms with Gasteiger partial charge in [-0.2, -0.15) is 0 Å². The van der Waals surface area contributed by atoms with Crippen molar-refractivity contribution in [3.05, 3.63) is 0 Å². The Morgan fingerprint density at radius 3 is 0.900 bits per heavy atom. The maximum absolute atomic E-state index is 7.33. The van der Waals surface area contributed by atoms with Crippen LogP contribution in [0.15, 0.2) is 0 Å². The molecule has 0 unspecified atom stereocenters. The van der Waals surface area contributed by atoms with Crippen molar-refractivity contribution in [1.82, 2.24) is 0 Å². The molecule has 0 fully saturated rings. The van der Waals surface area contributed by atoms with E-state index in [2.05, 4.69) is 0 Å². The van der Waals surface area contributed by atoms with Crippen molar-refractivity contribution in [1.29, 1.82) is 0 Å². The summed E-state index contributed by atoms with van der Waals surface area (Å²) in [6, 6.07) is 0. The van der Waals surface area contributed by atoms with Crippen LogP contribution < -0.4 is 0 Å². The average molecular weight is 216 g/mol. The maximum atomic E-state index is 7.33. The summed E-state index contributed by atoms with van der Waals surface area (Å²) in [5, 5.41) is 0. The molecule has 0 aliphatic carbocycles. The van der Waals surface area contributed by atoms with E-state index in [9.17, 15) is 0 Å². The van der Waals surface area contributed by atoms with Gasteiger partial charge < -0.3 is 19.2 Å². The monoisotopic (exact) mass is 216 g/mol. The van der Waals surface area contributed by atoms with Crippen LogP contribution in [0, 0.1) is 0 Å². The fourth-order valence-corrected chi connectivity index (χ4v) is 0. The summed E-state index contributed by atoms with van der Waals surface area (Å²) in [4.78, 5) is 29.3. The summed E-state index contributed by atoms with van der Waals surface area (Å²) in [5.41, 5.74) is 0. The molecule has 0 aliphatic rings. The van der Waals surface area contributed by atoms with Gasteiger partial charge >= 0.3 is 88.7 Å². The first-order valence-electron chi connectivity index (χ1n) is 0.894. The third-order valence-corrected chi connectivity index (χ3v) is 0. The Kier molecular flexibility index (Phi) is 68.6. The van der Waals surface area contributed by atoms with Gasteiger partial charge in [0.25, 0.3) is 0 Å². The van der Waals surface area contributed by atoms with Crippen molar-refractivity contribution in [3.63, 3.8) is 0 Å². The molecule has 0 rings (SSSR count). The van der Waals surface area contributed by atoms with Crippen LogP contribution in [0.1, 0.15) is 0 Å². The molecule has 0 saturated heterocycles. The van der Waals surface area contributed by atoms with E-state index in [4.69, 9.17) is 19.2 Å². The van der Waals surface area contributed by atoms with Gasteiger partial charge in [0.2, 0.25) is 0 Å². The third-order valence-electron chi connectivity index (χ3n) is 0. The van der Waals surface area contributed by atoms with Gasteiger partial charge in [0, 0.05) is 0 Å². The van der Waals surface area contributed by atoms with Crippen LogP contribution >= 0.6 is 0 Å². The summed E-state index contributed by atoms with van der Waals surface area (Å²) in [5.74, 6) is 0. The van der Waals surface area contributed by atoms with E-state index in [1.165, 1.54) is 0 Å². The molecule has 0 aromatic heterocycles. The quantitative estimate of drug-likeness (QED) is 0.303. The molecule has 0 amide bonds. The van der Waals surface area contributed by atoms with Gasteiger partial charge in [0.15, 0.2) is 17.4 Å². The zero-order valence-electron chi connectivity index (χ0n) is 2.29. The summed E-state index contributed by atoms with van der Waals surface area (Å²) >= 11 is 0. The molecular weight excluding hydrogens is 201 g/mol. The molecule has 0 atom stereocenters. The topological polar surface area (TPSA) is 80.9 Å². The van der Waals surface area contributed by atoms with E-state index in [1.54, 1.807) is 0 Å². The normalized spacial score (nSPS) is 6.00. The van der Waals surface area contributed by atoms with Crippen molar-refractivity contribution in [2.24, 2.45) is 0 Å². The number of hydrogen-bond donors (Lipinski definition) is 4. The Hall–Kier alpha value is 3.28. The summed E-state index contributed by atoms with van der Waals surface area (Å²) in [6.07, 6.45) is 0. The predicted octanol–water partition coefficient (Wildman–Crippen LogP) is -7.46. The molecule has 4 nitrogen and oxygen atoms in total. The largest absolute Gasteiger partial charge is 0.316 e. The minimum atomic E-state index is -4.61. The van der Waals surface area contributed by atoms with Crippen molar-refractivity contribution in [2.75, 3.05) is 0 Å². The molecule has 0 spiro atoms. The minimum absolute atomic E-state index is 0. The Bertz CT molecular complexity index is 40.7. The molecule has 10 heteroatoms. The van der Waals surface area contributed by atoms with Crippen LogP contribution in [0.3, 0.4) is 0 Å². The van der Waals surface area contributed by atoms with Crippen molar-refractivity contribution in [3.8, 4) is 0 Å². The van der Waals surface area contributed by atoms with Gasteiger partial charge in [0.1, 0.15) is 0 Å². The van der Waals surface area contributed by atoms with Crippen molar-refractivity contribution < 1.29 is 19.2 Å². The zero-order valence-corrected chi connectivity index (χ0v) is 3.29. The van der Waals surface area contributed by atoms with Gasteiger partial charge in [-0.25, -0.2) is 0 Å². The molecule has 0 saturated carbocycles. The maximum Gasteiger partial charge on any atom is 0.316 e. The van der Waals surface area contributed by atoms with Gasteiger partial charge in [-0.3, -0.25) is 0 Å². The first kappa shape index (κ1) is 37.8. The molecule has 0 heterocycles. The summed E-state index contributed by atoms with van der Waals surface area (Å²) in [7, 11) is -4.61. The second-order valence-corrected chi connectivity index (χ2v) is 1.80. The van der Waals surface area contributed by atoms with Crippen LogP contribution in [-0.2, 0) is 0 Å². The van der Waals surface area contributed by atoms with E-state index in [-0.39, 0.29) is 105 Å². The smallest absolute Gasteiger partial charge is 0.316 e. The molecule has 10 heavy (non-hydrogen) atoms. The van der Waals surface area contributed by atoms with E-state index in [0.717, 1.165) is 0 Å². The van der Waals surface area contributed by atoms with Crippen LogP contribution in [0.25, 0.3) is 0 Å². The van der Waals surface area contributed by atoms with Crippen molar-refractivity contribution >= 4 is 114 Å². The van der Waals surface area contributed by atoms with Crippen LogP contribution in [0.5, 0.6) is 0 Å². The standard InChI is InChI=1S/Al.BH3.Ca.Li.Mg.H4O4Si.8H/c;;;;;1-5(2,3)4;;;;;;;;/h;1H3;;;;1-4H;;;;;;;;. The second-order valence-electron chi connectivity index (χ2n) is 0.600. The fourth-order valence-electron chi connectivity index (χ4n) is 0. The van der Waals surface area contributed by atoms with E-state index in [1.807, 2.05) is 0 Å². The predicted molar refractivity (Wildman–Crippen MR) is 58.7 cm³/mol. The molecule has 54 valence electrons. The van der Waals surface area contributed by atoms with Gasteiger partial charge in [-0.15, -0.1) is 0 Å². The van der Waals surface area contributed by atoms with E-state index >= 15 is 0 Å². The molecule has 0 aromatic rings. The van der Waals surface area contributed by atoms with Crippen LogP contribution in [0.2, 0.25) is 0 Å². The second kappa shape index (κ2) is 18.1. The molecule has 0 aliphatic heterocycles. The van der Waals surface area contributed by atoms with Gasteiger partial charge in [-0.1, -0.05) is 0 Å². The minimum Gasteiger partial charge on any atom is 0.316 e. The van der Waals surface area contributed by atoms with Gasteiger partial charge in [-0.05, 0) is 0 Å². The Balaban J connectivity index is -0.00000000800. The Labute approximate surface area is 131 Å². The fraction of sp³-hybridized carbons (Fsp3) is 0. The van der Waals surface area contributed by atoms with Crippen molar-refractivity contribution in [2.45, 2.75) is 0 Å². The number of rotatable bonds is 0. The summed E-state index contributed by atoms with van der Waals surface area (Å²) < 4.78 is 0. The SMILES string of the molecule is B.O[Si](O)(O)O.[AlH3].[CaH2].[LiH].[MgH2]. The average Bonchev–Trinajstić information content (AvgIpc) is 0.722. The molecule has 0 aromatic carbocycles. The number of hydrogen-bond acceptors (Lipinski definition) is 4. The Morgan fingerprint density at radius 1 is 0.900 bits per heavy atom. The van der Waals surface area contributed by atoms with E-state index in [0.29, 0.717) is 0 Å². The van der Waals surface area contributed by atoms with E-state index < -0.39 is 9.05 Å². The molecule has 0 radical (unpaired) electrons. The molecule has 0 bridgehead atoms. The van der Waals surface area contributed by atoms with Gasteiger partial charge in [0.05, 0.1) is 8.41 Å². The van der Waals surface area contributed by atoms with Crippen LogP contribution in [-0.4, -0.2) is 134 Å². The first-order chi connectivity index (χ1) is 2.00. The third kappa shape index (κ3) is 111. The zero-order chi connectivity index (χ0) is 4.50. The molecular formula is H15AlBCaLiMgO4Si. The summed E-state index contributed by atoms with van der Waals surface area (Å²) in [6.45, 7) is 0. The first-order valence-corrected chi connectivity index (χ1v) is 2.68. The molecule has 4 N–H and O–H groups in total. The van der Waals surface area contributed by atoms with Crippen LogP contribution in [0.4, 0.5) is 0 Å². The Morgan fingerprint density at radius 2 is 0.900 bits per heavy atom.